The molecule has 0 aliphatic rings. The minimum Gasteiger partial charge on any atom is -0.481 e. The second-order valence-corrected chi connectivity index (χ2v) is 5.08. The number of hydrogen-bond acceptors (Lipinski definition) is 4. The third-order valence-electron chi connectivity index (χ3n) is 3.15. The molecular formula is C12H22N4O2. The van der Waals surface area contributed by atoms with Crippen LogP contribution in [0.4, 0.5) is 0 Å². The molecule has 1 rings (SSSR count). The minimum absolute atomic E-state index is 0.0502. The van der Waals surface area contributed by atoms with E-state index in [0.717, 1.165) is 18.7 Å². The Morgan fingerprint density at radius 1 is 1.39 bits per heavy atom. The molecule has 2 unspecified atom stereocenters. The van der Waals surface area contributed by atoms with Gasteiger partial charge in [0, 0.05) is 5.92 Å². The molecule has 0 bridgehead atoms. The molecular weight excluding hydrogens is 232 g/mol. The lowest BCUT2D eigenvalue weighted by Gasteiger charge is -2.21. The molecule has 0 fully saturated rings. The van der Waals surface area contributed by atoms with Gasteiger partial charge in [-0.3, -0.25) is 4.79 Å². The predicted octanol–water partition coefficient (Wildman–Crippen LogP) is 2.25. The molecule has 1 aromatic heterocycles. The summed E-state index contributed by atoms with van der Waals surface area (Å²) in [5.74, 6) is 0.396. The normalized spacial score (nSPS) is 14.7. The number of carboxylic acids is 1. The van der Waals surface area contributed by atoms with Crippen molar-refractivity contribution < 1.29 is 9.90 Å². The van der Waals surface area contributed by atoms with Crippen LogP contribution in [0.15, 0.2) is 0 Å². The molecule has 0 aliphatic heterocycles. The van der Waals surface area contributed by atoms with Gasteiger partial charge in [0.2, 0.25) is 0 Å². The van der Waals surface area contributed by atoms with Crippen molar-refractivity contribution in [3.8, 4) is 0 Å². The minimum atomic E-state index is -0.821. The molecule has 0 saturated carbocycles. The van der Waals surface area contributed by atoms with E-state index >= 15 is 0 Å². The lowest BCUT2D eigenvalue weighted by molar-refractivity contribution is -0.138. The van der Waals surface area contributed by atoms with E-state index in [0.29, 0.717) is 0 Å². The Bertz CT molecular complexity index is 389. The van der Waals surface area contributed by atoms with E-state index in [1.165, 1.54) is 0 Å². The largest absolute Gasteiger partial charge is 0.481 e. The average molecular weight is 254 g/mol. The maximum atomic E-state index is 10.9. The Balaban J connectivity index is 2.98. The number of rotatable bonds is 7. The quantitative estimate of drug-likeness (QED) is 0.807. The molecule has 1 N–H and O–H groups in total. The summed E-state index contributed by atoms with van der Waals surface area (Å²) >= 11 is 0. The summed E-state index contributed by atoms with van der Waals surface area (Å²) in [6, 6.07) is -0.188. The number of hydrogen-bond donors (Lipinski definition) is 1. The van der Waals surface area contributed by atoms with Gasteiger partial charge >= 0.3 is 5.97 Å². The summed E-state index contributed by atoms with van der Waals surface area (Å²) in [6.07, 6.45) is 2.10. The Morgan fingerprint density at radius 2 is 2.06 bits per heavy atom. The first-order chi connectivity index (χ1) is 8.47. The first-order valence-electron chi connectivity index (χ1n) is 6.46. The van der Waals surface area contributed by atoms with Crippen LogP contribution in [0.5, 0.6) is 0 Å². The second kappa shape index (κ2) is 6.47. The van der Waals surface area contributed by atoms with Gasteiger partial charge < -0.3 is 5.11 Å². The van der Waals surface area contributed by atoms with Crippen LogP contribution >= 0.6 is 0 Å². The molecule has 6 heteroatoms. The highest BCUT2D eigenvalue weighted by Gasteiger charge is 2.25. The van der Waals surface area contributed by atoms with E-state index < -0.39 is 5.97 Å². The van der Waals surface area contributed by atoms with Gasteiger partial charge in [-0.05, 0) is 22.8 Å². The van der Waals surface area contributed by atoms with Crippen LogP contribution in [0.1, 0.15) is 64.7 Å². The van der Waals surface area contributed by atoms with Gasteiger partial charge in [0.15, 0.2) is 5.82 Å². The fraction of sp³-hybridized carbons (Fsp3) is 0.833. The zero-order valence-electron chi connectivity index (χ0n) is 11.5. The van der Waals surface area contributed by atoms with Crippen LogP contribution in [0.3, 0.4) is 0 Å². The Morgan fingerprint density at radius 3 is 2.56 bits per heavy atom. The van der Waals surface area contributed by atoms with Crippen molar-refractivity contribution in [2.45, 2.75) is 58.9 Å². The number of nitrogens with zero attached hydrogens (tertiary/aromatic N) is 4. The van der Waals surface area contributed by atoms with E-state index in [2.05, 4.69) is 29.4 Å². The molecule has 0 aromatic carbocycles. The average Bonchev–Trinajstić information content (AvgIpc) is 2.74. The maximum absolute atomic E-state index is 10.9. The van der Waals surface area contributed by atoms with Crippen molar-refractivity contribution in [3.05, 3.63) is 5.82 Å². The van der Waals surface area contributed by atoms with Crippen LogP contribution in [0.2, 0.25) is 0 Å². The van der Waals surface area contributed by atoms with Gasteiger partial charge in [-0.25, -0.2) is 4.68 Å². The lowest BCUT2D eigenvalue weighted by Crippen LogP contribution is -2.23. The fourth-order valence-electron chi connectivity index (χ4n) is 2.11. The van der Waals surface area contributed by atoms with Crippen LogP contribution in [0.25, 0.3) is 0 Å². The third kappa shape index (κ3) is 3.51. The van der Waals surface area contributed by atoms with Gasteiger partial charge in [0.05, 0.1) is 12.5 Å². The molecule has 102 valence electrons. The summed E-state index contributed by atoms with van der Waals surface area (Å²) in [7, 11) is 0. The van der Waals surface area contributed by atoms with Crippen molar-refractivity contribution in [1.82, 2.24) is 20.2 Å². The lowest BCUT2D eigenvalue weighted by atomic mass is 9.99. The topological polar surface area (TPSA) is 80.9 Å². The highest BCUT2D eigenvalue weighted by Crippen LogP contribution is 2.26. The van der Waals surface area contributed by atoms with Gasteiger partial charge in [-0.15, -0.1) is 5.10 Å². The van der Waals surface area contributed by atoms with Crippen LogP contribution in [-0.4, -0.2) is 31.3 Å². The second-order valence-electron chi connectivity index (χ2n) is 5.08. The zero-order valence-corrected chi connectivity index (χ0v) is 11.5. The monoisotopic (exact) mass is 254 g/mol. The molecule has 1 heterocycles. The summed E-state index contributed by atoms with van der Waals surface area (Å²) < 4.78 is 1.69. The first kappa shape index (κ1) is 14.6. The highest BCUT2D eigenvalue weighted by molar-refractivity contribution is 5.67. The van der Waals surface area contributed by atoms with E-state index in [1.807, 2.05) is 13.8 Å². The van der Waals surface area contributed by atoms with Gasteiger partial charge in [-0.1, -0.05) is 34.1 Å². The third-order valence-corrected chi connectivity index (χ3v) is 3.15. The van der Waals surface area contributed by atoms with E-state index in [4.69, 9.17) is 5.11 Å². The van der Waals surface area contributed by atoms with Gasteiger partial charge in [0.25, 0.3) is 0 Å². The van der Waals surface area contributed by atoms with Gasteiger partial charge in [-0.2, -0.15) is 0 Å². The standard InChI is InChI=1S/C12H22N4O2/c1-5-6-9(4)12-13-14-15-16(12)10(8(2)3)7-11(17)18/h8-10H,5-7H2,1-4H3,(H,17,18). The van der Waals surface area contributed by atoms with E-state index in [-0.39, 0.29) is 24.3 Å². The number of tetrazole rings is 1. The maximum Gasteiger partial charge on any atom is 0.305 e. The molecule has 0 saturated heterocycles. The molecule has 2 atom stereocenters. The molecule has 0 radical (unpaired) electrons. The molecule has 0 amide bonds. The van der Waals surface area contributed by atoms with Crippen LogP contribution < -0.4 is 0 Å². The zero-order chi connectivity index (χ0) is 13.7. The van der Waals surface area contributed by atoms with Crippen molar-refractivity contribution in [1.29, 1.82) is 0 Å². The number of aliphatic carboxylic acids is 1. The van der Waals surface area contributed by atoms with Crippen molar-refractivity contribution in [3.63, 3.8) is 0 Å². The smallest absolute Gasteiger partial charge is 0.305 e. The van der Waals surface area contributed by atoms with Crippen LogP contribution in [0, 0.1) is 5.92 Å². The summed E-state index contributed by atoms with van der Waals surface area (Å²) in [4.78, 5) is 10.9. The SMILES string of the molecule is CCCC(C)c1nnnn1C(CC(=O)O)C(C)C. The summed E-state index contributed by atoms with van der Waals surface area (Å²) in [6.45, 7) is 8.17. The highest BCUT2D eigenvalue weighted by atomic mass is 16.4. The fourth-order valence-corrected chi connectivity index (χ4v) is 2.11. The van der Waals surface area contributed by atoms with E-state index in [9.17, 15) is 4.79 Å². The summed E-state index contributed by atoms with van der Waals surface area (Å²) in [5, 5.41) is 20.7. The summed E-state index contributed by atoms with van der Waals surface area (Å²) in [5.41, 5.74) is 0. The first-order valence-corrected chi connectivity index (χ1v) is 6.46. The Hall–Kier alpha value is -1.46. The molecule has 0 aliphatic carbocycles. The molecule has 6 nitrogen and oxygen atoms in total. The molecule has 1 aromatic rings. The molecule has 0 spiro atoms. The van der Waals surface area contributed by atoms with Crippen molar-refractivity contribution >= 4 is 5.97 Å². The van der Waals surface area contributed by atoms with E-state index in [1.54, 1.807) is 4.68 Å². The number of carbonyl (C=O) groups is 1. The molecule has 18 heavy (non-hydrogen) atoms. The van der Waals surface area contributed by atoms with Crippen LogP contribution in [-0.2, 0) is 4.79 Å². The Labute approximate surface area is 107 Å². The number of aromatic nitrogens is 4. The number of carboxylic acid groups (broad SMARTS) is 1. The Kier molecular flexibility index (Phi) is 5.25. The van der Waals surface area contributed by atoms with Crippen molar-refractivity contribution in [2.24, 2.45) is 5.92 Å². The van der Waals surface area contributed by atoms with Crippen molar-refractivity contribution in [2.75, 3.05) is 0 Å². The predicted molar refractivity (Wildman–Crippen MR) is 67.3 cm³/mol. The van der Waals surface area contributed by atoms with Gasteiger partial charge in [0.1, 0.15) is 0 Å².